The van der Waals surface area contributed by atoms with E-state index < -0.39 is 23.3 Å². The van der Waals surface area contributed by atoms with Crippen LogP contribution in [0.2, 0.25) is 0 Å². The molecule has 2 rings (SSSR count). The van der Waals surface area contributed by atoms with Gasteiger partial charge in [0.2, 0.25) is 0 Å². The molecule has 0 unspecified atom stereocenters. The van der Waals surface area contributed by atoms with Crippen LogP contribution in [0, 0.1) is 5.41 Å². The van der Waals surface area contributed by atoms with Crippen molar-refractivity contribution < 1.29 is 14.7 Å². The molecule has 0 saturated heterocycles. The molecule has 0 saturated carbocycles. The van der Waals surface area contributed by atoms with Gasteiger partial charge in [-0.3, -0.25) is 9.48 Å². The second-order valence-electron chi connectivity index (χ2n) is 7.20. The number of nitrogens with one attached hydrogen (secondary N) is 1. The number of unbranched alkanes of at least 4 members (excludes halogenated alkanes) is 1. The van der Waals surface area contributed by atoms with Crippen LogP contribution in [0.15, 0.2) is 22.7 Å². The maximum absolute atomic E-state index is 12.8. The average molecular weight is 410 g/mol. The molecule has 1 heterocycles. The first-order chi connectivity index (χ1) is 11.6. The topological polar surface area (TPSA) is 84.2 Å². The minimum atomic E-state index is -1.06. The van der Waals surface area contributed by atoms with Gasteiger partial charge < -0.3 is 10.4 Å². The molecular formula is C18H24BrN3O3. The van der Waals surface area contributed by atoms with Gasteiger partial charge in [0, 0.05) is 16.4 Å². The van der Waals surface area contributed by atoms with Crippen molar-refractivity contribution in [2.45, 2.75) is 53.1 Å². The number of nitrogens with zero attached hydrogens (tertiary/aromatic N) is 2. The molecule has 2 aromatic rings. The Balaban J connectivity index is 2.43. The lowest BCUT2D eigenvalue weighted by atomic mass is 9.86. The number of benzene rings is 1. The highest BCUT2D eigenvalue weighted by Gasteiger charge is 2.33. The molecule has 7 heteroatoms. The fraction of sp³-hybridized carbons (Fsp3) is 0.500. The van der Waals surface area contributed by atoms with E-state index in [1.807, 2.05) is 22.9 Å². The second-order valence-corrected chi connectivity index (χ2v) is 8.11. The highest BCUT2D eigenvalue weighted by Crippen LogP contribution is 2.25. The maximum Gasteiger partial charge on any atom is 0.326 e. The average Bonchev–Trinajstić information content (AvgIpc) is 2.86. The summed E-state index contributed by atoms with van der Waals surface area (Å²) in [4.78, 5) is 24.3. The van der Waals surface area contributed by atoms with Gasteiger partial charge in [0.05, 0.1) is 5.52 Å². The van der Waals surface area contributed by atoms with Gasteiger partial charge in [0.15, 0.2) is 5.69 Å². The SMILES string of the molecule is CCCCn1nc(C(=O)N[C@H](C(=O)O)C(C)(C)C)c2cc(Br)ccc21. The van der Waals surface area contributed by atoms with Gasteiger partial charge in [0.1, 0.15) is 6.04 Å². The maximum atomic E-state index is 12.8. The Morgan fingerprint density at radius 2 is 2.04 bits per heavy atom. The minimum absolute atomic E-state index is 0.253. The third kappa shape index (κ3) is 4.39. The first-order valence-electron chi connectivity index (χ1n) is 8.35. The normalized spacial score (nSPS) is 13.0. The molecule has 1 amide bonds. The Morgan fingerprint density at radius 3 is 2.60 bits per heavy atom. The summed E-state index contributed by atoms with van der Waals surface area (Å²) in [7, 11) is 0. The zero-order chi connectivity index (χ0) is 18.8. The van der Waals surface area contributed by atoms with Crippen molar-refractivity contribution in [1.82, 2.24) is 15.1 Å². The van der Waals surface area contributed by atoms with Crippen molar-refractivity contribution in [1.29, 1.82) is 0 Å². The molecule has 0 radical (unpaired) electrons. The Hall–Kier alpha value is -1.89. The molecule has 0 fully saturated rings. The number of carbonyl (C=O) groups excluding carboxylic acids is 1. The third-order valence-electron chi connectivity index (χ3n) is 4.04. The zero-order valence-corrected chi connectivity index (χ0v) is 16.6. The molecule has 1 aromatic heterocycles. The van der Waals surface area contributed by atoms with Crippen molar-refractivity contribution >= 4 is 38.7 Å². The van der Waals surface area contributed by atoms with Gasteiger partial charge in [-0.25, -0.2) is 4.79 Å². The van der Waals surface area contributed by atoms with Gasteiger partial charge in [0.25, 0.3) is 5.91 Å². The predicted molar refractivity (Wildman–Crippen MR) is 101 cm³/mol. The predicted octanol–water partition coefficient (Wildman–Crippen LogP) is 3.83. The summed E-state index contributed by atoms with van der Waals surface area (Å²) >= 11 is 3.42. The zero-order valence-electron chi connectivity index (χ0n) is 15.0. The number of hydrogen-bond donors (Lipinski definition) is 2. The van der Waals surface area contributed by atoms with Gasteiger partial charge in [-0.05, 0) is 30.0 Å². The Morgan fingerprint density at radius 1 is 1.36 bits per heavy atom. The first-order valence-corrected chi connectivity index (χ1v) is 9.14. The standard InChI is InChI=1S/C18H24BrN3O3/c1-5-6-9-22-13-8-7-11(19)10-12(13)14(21-22)16(23)20-15(17(24)25)18(2,3)4/h7-8,10,15H,5-6,9H2,1-4H3,(H,20,23)(H,24,25)/t15-/m1/s1. The summed E-state index contributed by atoms with van der Waals surface area (Å²) < 4.78 is 2.65. The van der Waals surface area contributed by atoms with Gasteiger partial charge in [-0.2, -0.15) is 5.10 Å². The van der Waals surface area contributed by atoms with E-state index in [4.69, 9.17) is 0 Å². The van der Waals surface area contributed by atoms with Crippen molar-refractivity contribution in [2.24, 2.45) is 5.41 Å². The minimum Gasteiger partial charge on any atom is -0.480 e. The number of aromatic nitrogens is 2. The van der Waals surface area contributed by atoms with E-state index in [2.05, 4.69) is 33.3 Å². The van der Waals surface area contributed by atoms with Crippen LogP contribution in [-0.2, 0) is 11.3 Å². The highest BCUT2D eigenvalue weighted by atomic mass is 79.9. The fourth-order valence-electron chi connectivity index (χ4n) is 2.65. The molecule has 2 N–H and O–H groups in total. The van der Waals surface area contributed by atoms with E-state index in [0.717, 1.165) is 22.8 Å². The number of aliphatic carboxylic acids is 1. The van der Waals surface area contributed by atoms with Crippen LogP contribution < -0.4 is 5.32 Å². The molecule has 1 atom stereocenters. The van der Waals surface area contributed by atoms with E-state index in [1.54, 1.807) is 20.8 Å². The first kappa shape index (κ1) is 19.4. The lowest BCUT2D eigenvalue weighted by Gasteiger charge is -2.27. The molecule has 6 nitrogen and oxygen atoms in total. The van der Waals surface area contributed by atoms with Crippen molar-refractivity contribution in [3.05, 3.63) is 28.4 Å². The molecule has 0 spiro atoms. The van der Waals surface area contributed by atoms with Crippen LogP contribution in [0.1, 0.15) is 51.0 Å². The Labute approximate surface area is 155 Å². The summed E-state index contributed by atoms with van der Waals surface area (Å²) in [6, 6.07) is 4.66. The van der Waals surface area contributed by atoms with Crippen LogP contribution in [0.25, 0.3) is 10.9 Å². The molecule has 1 aromatic carbocycles. The summed E-state index contributed by atoms with van der Waals surface area (Å²) in [5, 5.41) is 17.2. The number of hydrogen-bond acceptors (Lipinski definition) is 3. The van der Waals surface area contributed by atoms with E-state index in [-0.39, 0.29) is 5.69 Å². The fourth-order valence-corrected chi connectivity index (χ4v) is 3.01. The third-order valence-corrected chi connectivity index (χ3v) is 4.53. The summed E-state index contributed by atoms with van der Waals surface area (Å²) in [6.45, 7) is 8.14. The Kier molecular flexibility index (Phi) is 5.87. The summed E-state index contributed by atoms with van der Waals surface area (Å²) in [6.07, 6.45) is 1.97. The number of aryl methyl sites for hydroxylation is 1. The number of carboxylic acids is 1. The summed E-state index contributed by atoms with van der Waals surface area (Å²) in [5.74, 6) is -1.53. The van der Waals surface area contributed by atoms with Crippen molar-refractivity contribution in [2.75, 3.05) is 0 Å². The van der Waals surface area contributed by atoms with Crippen LogP contribution in [0.3, 0.4) is 0 Å². The smallest absolute Gasteiger partial charge is 0.326 e. The monoisotopic (exact) mass is 409 g/mol. The number of rotatable bonds is 6. The van der Waals surface area contributed by atoms with Crippen molar-refractivity contribution in [3.8, 4) is 0 Å². The lowest BCUT2D eigenvalue weighted by molar-refractivity contribution is -0.142. The number of halogens is 1. The molecule has 0 bridgehead atoms. The quantitative estimate of drug-likeness (QED) is 0.758. The van der Waals surface area contributed by atoms with Gasteiger partial charge in [-0.1, -0.05) is 50.0 Å². The van der Waals surface area contributed by atoms with E-state index in [9.17, 15) is 14.7 Å². The molecule has 0 aliphatic rings. The Bertz CT molecular complexity index is 793. The second kappa shape index (κ2) is 7.56. The highest BCUT2D eigenvalue weighted by molar-refractivity contribution is 9.10. The van der Waals surface area contributed by atoms with Gasteiger partial charge in [-0.15, -0.1) is 0 Å². The van der Waals surface area contributed by atoms with Crippen LogP contribution >= 0.6 is 15.9 Å². The summed E-state index contributed by atoms with van der Waals surface area (Å²) in [5.41, 5.74) is 0.509. The van der Waals surface area contributed by atoms with Crippen molar-refractivity contribution in [3.63, 3.8) is 0 Å². The van der Waals surface area contributed by atoms with E-state index >= 15 is 0 Å². The number of amides is 1. The number of fused-ring (bicyclic) bond motifs is 1. The molecule has 136 valence electrons. The van der Waals surface area contributed by atoms with Gasteiger partial charge >= 0.3 is 5.97 Å². The van der Waals surface area contributed by atoms with E-state index in [1.165, 1.54) is 0 Å². The molecular weight excluding hydrogens is 386 g/mol. The number of carbonyl (C=O) groups is 2. The van der Waals surface area contributed by atoms with E-state index in [0.29, 0.717) is 11.9 Å². The number of carboxylic acid groups (broad SMARTS) is 1. The largest absolute Gasteiger partial charge is 0.480 e. The van der Waals surface area contributed by atoms with Crippen LogP contribution in [0.4, 0.5) is 0 Å². The van der Waals surface area contributed by atoms with Crippen LogP contribution in [-0.4, -0.2) is 32.8 Å². The molecule has 0 aliphatic heterocycles. The molecule has 0 aliphatic carbocycles. The lowest BCUT2D eigenvalue weighted by Crippen LogP contribution is -2.49. The van der Waals surface area contributed by atoms with Crippen LogP contribution in [0.5, 0.6) is 0 Å². The molecule has 25 heavy (non-hydrogen) atoms.